The van der Waals surface area contributed by atoms with Crippen LogP contribution in [0.5, 0.6) is 0 Å². The fraction of sp³-hybridized carbons (Fsp3) is 1.00. The first kappa shape index (κ1) is 5.69. The van der Waals surface area contributed by atoms with Gasteiger partial charge < -0.3 is 11.1 Å². The number of hydrogen-bond donors (Lipinski definition) is 2. The van der Waals surface area contributed by atoms with E-state index in [4.69, 9.17) is 5.73 Å². The summed E-state index contributed by atoms with van der Waals surface area (Å²) in [6.45, 7) is 2.13. The summed E-state index contributed by atoms with van der Waals surface area (Å²) in [7, 11) is 0. The molecular formula is C7H14N2. The third-order valence-corrected chi connectivity index (χ3v) is 2.87. The second-order valence-electron chi connectivity index (χ2n) is 3.24. The Balaban J connectivity index is 1.93. The molecule has 0 aromatic heterocycles. The number of nitrogens with two attached hydrogens (primary N) is 1. The van der Waals surface area contributed by atoms with Gasteiger partial charge in [-0.3, -0.25) is 0 Å². The number of nitrogens with one attached hydrogen (secondary N) is 1. The van der Waals surface area contributed by atoms with Crippen LogP contribution in [0.3, 0.4) is 0 Å². The van der Waals surface area contributed by atoms with E-state index in [9.17, 15) is 0 Å². The number of hydrogen-bond acceptors (Lipinski definition) is 2. The fourth-order valence-corrected chi connectivity index (χ4v) is 2.19. The maximum atomic E-state index is 5.56. The molecule has 1 saturated heterocycles. The number of fused-ring (bicyclic) bond motifs is 1. The van der Waals surface area contributed by atoms with Crippen LogP contribution in [0.15, 0.2) is 0 Å². The van der Waals surface area contributed by atoms with Crippen LogP contribution in [0.2, 0.25) is 0 Å². The van der Waals surface area contributed by atoms with E-state index in [1.165, 1.54) is 19.4 Å². The minimum atomic E-state index is 0.846. The van der Waals surface area contributed by atoms with E-state index in [1.54, 1.807) is 0 Å². The number of rotatable bonds is 1. The molecule has 0 radical (unpaired) electrons. The van der Waals surface area contributed by atoms with Crippen molar-refractivity contribution in [3.63, 3.8) is 0 Å². The molecule has 2 nitrogen and oxygen atoms in total. The Morgan fingerprint density at radius 1 is 1.56 bits per heavy atom. The van der Waals surface area contributed by atoms with Gasteiger partial charge in [-0.2, -0.15) is 0 Å². The van der Waals surface area contributed by atoms with E-state index in [2.05, 4.69) is 5.32 Å². The predicted molar refractivity (Wildman–Crippen MR) is 37.1 cm³/mol. The Morgan fingerprint density at radius 3 is 3.11 bits per heavy atom. The Morgan fingerprint density at radius 2 is 2.44 bits per heavy atom. The van der Waals surface area contributed by atoms with Gasteiger partial charge in [0.25, 0.3) is 0 Å². The molecule has 3 unspecified atom stereocenters. The lowest BCUT2D eigenvalue weighted by Gasteiger charge is -2.39. The molecule has 2 rings (SSSR count). The van der Waals surface area contributed by atoms with Gasteiger partial charge in [-0.05, 0) is 37.8 Å². The van der Waals surface area contributed by atoms with E-state index >= 15 is 0 Å². The SMILES string of the molecule is NCC1CC2NCCC12. The topological polar surface area (TPSA) is 38.0 Å². The molecule has 0 aromatic rings. The second-order valence-corrected chi connectivity index (χ2v) is 3.24. The zero-order chi connectivity index (χ0) is 6.27. The second kappa shape index (κ2) is 1.96. The molecular weight excluding hydrogens is 112 g/mol. The average molecular weight is 126 g/mol. The van der Waals surface area contributed by atoms with Gasteiger partial charge >= 0.3 is 0 Å². The Kier molecular flexibility index (Phi) is 1.24. The minimum Gasteiger partial charge on any atom is -0.330 e. The third kappa shape index (κ3) is 0.700. The molecule has 52 valence electrons. The van der Waals surface area contributed by atoms with E-state index in [-0.39, 0.29) is 0 Å². The lowest BCUT2D eigenvalue weighted by molar-refractivity contribution is 0.157. The molecule has 3 N–H and O–H groups in total. The molecule has 1 aliphatic carbocycles. The van der Waals surface area contributed by atoms with Crippen LogP contribution in [0, 0.1) is 11.8 Å². The van der Waals surface area contributed by atoms with Crippen LogP contribution in [-0.4, -0.2) is 19.1 Å². The molecule has 0 amide bonds. The summed E-state index contributed by atoms with van der Waals surface area (Å²) in [5, 5.41) is 3.46. The Labute approximate surface area is 55.8 Å². The molecule has 1 heterocycles. The van der Waals surface area contributed by atoms with Gasteiger partial charge in [0.1, 0.15) is 0 Å². The Bertz CT molecular complexity index is 113. The summed E-state index contributed by atoms with van der Waals surface area (Å²) < 4.78 is 0. The van der Waals surface area contributed by atoms with Crippen LogP contribution in [-0.2, 0) is 0 Å². The van der Waals surface area contributed by atoms with Gasteiger partial charge in [0.05, 0.1) is 0 Å². The van der Waals surface area contributed by atoms with Gasteiger partial charge in [-0.1, -0.05) is 0 Å². The van der Waals surface area contributed by atoms with Crippen molar-refractivity contribution >= 4 is 0 Å². The predicted octanol–water partition coefficient (Wildman–Crippen LogP) is -0.0569. The summed E-state index contributed by atoms with van der Waals surface area (Å²) in [4.78, 5) is 0. The van der Waals surface area contributed by atoms with Gasteiger partial charge in [0.2, 0.25) is 0 Å². The summed E-state index contributed by atoms with van der Waals surface area (Å²) >= 11 is 0. The maximum Gasteiger partial charge on any atom is 0.0102 e. The van der Waals surface area contributed by atoms with Crippen molar-refractivity contribution in [1.29, 1.82) is 0 Å². The Hall–Kier alpha value is -0.0800. The largest absolute Gasteiger partial charge is 0.330 e. The van der Waals surface area contributed by atoms with E-state index in [1.807, 2.05) is 0 Å². The summed E-state index contributed by atoms with van der Waals surface area (Å²) in [6, 6.07) is 0.846. The molecule has 2 fully saturated rings. The van der Waals surface area contributed by atoms with Crippen LogP contribution >= 0.6 is 0 Å². The van der Waals surface area contributed by atoms with E-state index < -0.39 is 0 Å². The van der Waals surface area contributed by atoms with Crippen LogP contribution in [0.4, 0.5) is 0 Å². The summed E-state index contributed by atoms with van der Waals surface area (Å²) in [5.41, 5.74) is 5.56. The zero-order valence-electron chi connectivity index (χ0n) is 5.64. The van der Waals surface area contributed by atoms with Crippen molar-refractivity contribution < 1.29 is 0 Å². The summed E-state index contributed by atoms with van der Waals surface area (Å²) in [5.74, 6) is 1.79. The van der Waals surface area contributed by atoms with Gasteiger partial charge in [-0.25, -0.2) is 0 Å². The smallest absolute Gasteiger partial charge is 0.0102 e. The van der Waals surface area contributed by atoms with Crippen molar-refractivity contribution in [3.05, 3.63) is 0 Å². The molecule has 0 spiro atoms. The first-order valence-corrected chi connectivity index (χ1v) is 3.85. The third-order valence-electron chi connectivity index (χ3n) is 2.87. The van der Waals surface area contributed by atoms with Gasteiger partial charge in [0.15, 0.2) is 0 Å². The average Bonchev–Trinajstić information content (AvgIpc) is 2.14. The molecule has 1 aliphatic heterocycles. The highest BCUT2D eigenvalue weighted by atomic mass is 15.0. The van der Waals surface area contributed by atoms with Crippen molar-refractivity contribution in [1.82, 2.24) is 5.32 Å². The first-order chi connectivity index (χ1) is 4.42. The molecule has 0 aromatic carbocycles. The van der Waals surface area contributed by atoms with E-state index in [0.717, 1.165) is 24.4 Å². The fourth-order valence-electron chi connectivity index (χ4n) is 2.19. The van der Waals surface area contributed by atoms with Crippen molar-refractivity contribution in [3.8, 4) is 0 Å². The van der Waals surface area contributed by atoms with Crippen molar-refractivity contribution in [2.75, 3.05) is 13.1 Å². The highest BCUT2D eigenvalue weighted by Crippen LogP contribution is 2.39. The van der Waals surface area contributed by atoms with Crippen molar-refractivity contribution in [2.45, 2.75) is 18.9 Å². The highest BCUT2D eigenvalue weighted by molar-refractivity contribution is 4.98. The standard InChI is InChI=1S/C7H14N2/c8-4-5-3-7-6(5)1-2-9-7/h5-7,9H,1-4,8H2. The lowest BCUT2D eigenvalue weighted by atomic mass is 9.70. The lowest BCUT2D eigenvalue weighted by Crippen LogP contribution is -2.46. The quantitative estimate of drug-likeness (QED) is 0.516. The highest BCUT2D eigenvalue weighted by Gasteiger charge is 2.42. The van der Waals surface area contributed by atoms with Gasteiger partial charge in [0, 0.05) is 6.04 Å². The zero-order valence-corrected chi connectivity index (χ0v) is 5.64. The van der Waals surface area contributed by atoms with Gasteiger partial charge in [-0.15, -0.1) is 0 Å². The first-order valence-electron chi connectivity index (χ1n) is 3.85. The van der Waals surface area contributed by atoms with Crippen LogP contribution < -0.4 is 11.1 Å². The normalized spacial score (nSPS) is 48.3. The molecule has 9 heavy (non-hydrogen) atoms. The minimum absolute atomic E-state index is 0.846. The maximum absolute atomic E-state index is 5.56. The molecule has 3 atom stereocenters. The summed E-state index contributed by atoms with van der Waals surface area (Å²) in [6.07, 6.45) is 2.70. The molecule has 2 aliphatic rings. The molecule has 1 saturated carbocycles. The van der Waals surface area contributed by atoms with Crippen LogP contribution in [0.1, 0.15) is 12.8 Å². The molecule has 0 bridgehead atoms. The van der Waals surface area contributed by atoms with Crippen LogP contribution in [0.25, 0.3) is 0 Å². The molecule has 2 heteroatoms. The van der Waals surface area contributed by atoms with E-state index in [0.29, 0.717) is 0 Å². The monoisotopic (exact) mass is 126 g/mol. The van der Waals surface area contributed by atoms with Crippen molar-refractivity contribution in [2.24, 2.45) is 17.6 Å².